The summed E-state index contributed by atoms with van der Waals surface area (Å²) < 4.78 is 0. The third-order valence-electron chi connectivity index (χ3n) is 4.29. The molecule has 0 saturated carbocycles. The number of anilines is 1. The van der Waals surface area contributed by atoms with Crippen molar-refractivity contribution in [2.45, 2.75) is 18.9 Å². The minimum Gasteiger partial charge on any atom is -0.478 e. The maximum Gasteiger partial charge on any atom is 0.339 e. The molecule has 0 spiro atoms. The molecule has 2 bridgehead atoms. The smallest absolute Gasteiger partial charge is 0.339 e. The average Bonchev–Trinajstić information content (AvgIpc) is 2.48. The summed E-state index contributed by atoms with van der Waals surface area (Å²) >= 11 is 0. The molecule has 1 aromatic rings. The van der Waals surface area contributed by atoms with Gasteiger partial charge in [0.1, 0.15) is 17.6 Å². The second-order valence-electron chi connectivity index (χ2n) is 5.54. The Kier molecular flexibility index (Phi) is 3.46. The zero-order chi connectivity index (χ0) is 15.0. The van der Waals surface area contributed by atoms with Gasteiger partial charge in [-0.05, 0) is 31.8 Å². The van der Waals surface area contributed by atoms with Gasteiger partial charge in [-0.1, -0.05) is 0 Å². The standard InChI is InChI=1S/C13H16N4O4/c18-13(19)10-5-9(17(20)21)6-14-12(10)15-11-7-16-3-1-8(11)2-4-16/h5-6,8,11H,1-4,7H2,(H,14,15)(H,18,19). The highest BCUT2D eigenvalue weighted by molar-refractivity contribution is 5.93. The number of rotatable bonds is 4. The van der Waals surface area contributed by atoms with Gasteiger partial charge in [-0.25, -0.2) is 9.78 Å². The minimum atomic E-state index is -1.21. The van der Waals surface area contributed by atoms with Crippen molar-refractivity contribution in [3.63, 3.8) is 0 Å². The molecular formula is C13H16N4O4. The van der Waals surface area contributed by atoms with Crippen LogP contribution in [0.4, 0.5) is 11.5 Å². The number of carboxylic acids is 1. The lowest BCUT2D eigenvalue weighted by molar-refractivity contribution is -0.385. The molecule has 8 nitrogen and oxygen atoms in total. The molecule has 2 N–H and O–H groups in total. The number of aromatic carboxylic acids is 1. The molecule has 1 atom stereocenters. The Bertz CT molecular complexity index is 584. The van der Waals surface area contributed by atoms with E-state index in [1.807, 2.05) is 0 Å². The number of hydrogen-bond acceptors (Lipinski definition) is 6. The number of aromatic nitrogens is 1. The highest BCUT2D eigenvalue weighted by Crippen LogP contribution is 2.30. The Morgan fingerprint density at radius 1 is 1.48 bits per heavy atom. The summed E-state index contributed by atoms with van der Waals surface area (Å²) in [5.74, 6) is -0.490. The normalized spacial score (nSPS) is 27.3. The molecule has 21 heavy (non-hydrogen) atoms. The van der Waals surface area contributed by atoms with E-state index < -0.39 is 10.9 Å². The van der Waals surface area contributed by atoms with Gasteiger partial charge in [-0.15, -0.1) is 0 Å². The van der Waals surface area contributed by atoms with E-state index in [0.29, 0.717) is 5.92 Å². The summed E-state index contributed by atoms with van der Waals surface area (Å²) in [6.07, 6.45) is 3.27. The van der Waals surface area contributed by atoms with Gasteiger partial charge in [0.25, 0.3) is 5.69 Å². The average molecular weight is 292 g/mol. The lowest BCUT2D eigenvalue weighted by Gasteiger charge is -2.45. The van der Waals surface area contributed by atoms with Crippen LogP contribution < -0.4 is 5.32 Å². The molecule has 112 valence electrons. The summed E-state index contributed by atoms with van der Waals surface area (Å²) in [6, 6.07) is 1.21. The number of nitrogens with zero attached hydrogens (tertiary/aromatic N) is 3. The van der Waals surface area contributed by atoms with Crippen LogP contribution in [0.25, 0.3) is 0 Å². The fourth-order valence-electron chi connectivity index (χ4n) is 3.14. The fraction of sp³-hybridized carbons (Fsp3) is 0.538. The molecule has 3 aliphatic rings. The molecule has 0 radical (unpaired) electrons. The van der Waals surface area contributed by atoms with Crippen LogP contribution in [0.5, 0.6) is 0 Å². The maximum atomic E-state index is 11.3. The van der Waals surface area contributed by atoms with Gasteiger partial charge in [0, 0.05) is 18.7 Å². The molecule has 3 fully saturated rings. The molecule has 3 aliphatic heterocycles. The van der Waals surface area contributed by atoms with Crippen LogP contribution in [0.15, 0.2) is 12.3 Å². The van der Waals surface area contributed by atoms with Crippen LogP contribution in [-0.4, -0.2) is 51.6 Å². The van der Waals surface area contributed by atoms with E-state index in [2.05, 4.69) is 15.2 Å². The lowest BCUT2D eigenvalue weighted by atomic mass is 9.84. The molecular weight excluding hydrogens is 276 g/mol. The predicted molar refractivity (Wildman–Crippen MR) is 74.4 cm³/mol. The van der Waals surface area contributed by atoms with Crippen LogP contribution >= 0.6 is 0 Å². The molecule has 0 aliphatic carbocycles. The number of carboxylic acid groups (broad SMARTS) is 1. The molecule has 4 rings (SSSR count). The summed E-state index contributed by atoms with van der Waals surface area (Å²) in [4.78, 5) is 27.7. The lowest BCUT2D eigenvalue weighted by Crippen LogP contribution is -2.53. The third kappa shape index (κ3) is 2.66. The van der Waals surface area contributed by atoms with Gasteiger partial charge in [0.2, 0.25) is 0 Å². The van der Waals surface area contributed by atoms with Crippen LogP contribution in [0.1, 0.15) is 23.2 Å². The van der Waals surface area contributed by atoms with Crippen LogP contribution in [0, 0.1) is 16.0 Å². The first-order chi connectivity index (χ1) is 10.0. The minimum absolute atomic E-state index is 0.152. The number of pyridine rings is 1. The quantitative estimate of drug-likeness (QED) is 0.633. The van der Waals surface area contributed by atoms with Gasteiger partial charge in [0.15, 0.2) is 0 Å². The SMILES string of the molecule is O=C(O)c1cc([N+](=O)[O-])cnc1NC1CN2CCC1CC2. The molecule has 0 aromatic carbocycles. The number of hydrogen-bond donors (Lipinski definition) is 2. The number of nitrogens with one attached hydrogen (secondary N) is 1. The maximum absolute atomic E-state index is 11.3. The Morgan fingerprint density at radius 2 is 2.19 bits per heavy atom. The van der Waals surface area contributed by atoms with Gasteiger partial charge in [-0.2, -0.15) is 0 Å². The van der Waals surface area contributed by atoms with Gasteiger partial charge in [0.05, 0.1) is 4.92 Å². The van der Waals surface area contributed by atoms with Gasteiger partial charge < -0.3 is 15.3 Å². The van der Waals surface area contributed by atoms with E-state index in [1.54, 1.807) is 0 Å². The van der Waals surface area contributed by atoms with Crippen LogP contribution in [-0.2, 0) is 0 Å². The summed E-state index contributed by atoms with van der Waals surface area (Å²) in [6.45, 7) is 3.03. The first-order valence-electron chi connectivity index (χ1n) is 6.91. The second kappa shape index (κ2) is 5.28. The second-order valence-corrected chi connectivity index (χ2v) is 5.54. The number of carbonyl (C=O) groups is 1. The Morgan fingerprint density at radius 3 is 2.71 bits per heavy atom. The van der Waals surface area contributed by atoms with Crippen molar-refractivity contribution in [1.82, 2.24) is 9.88 Å². The van der Waals surface area contributed by atoms with E-state index in [4.69, 9.17) is 0 Å². The van der Waals surface area contributed by atoms with E-state index in [9.17, 15) is 20.0 Å². The highest BCUT2D eigenvalue weighted by atomic mass is 16.6. The molecule has 4 heterocycles. The highest BCUT2D eigenvalue weighted by Gasteiger charge is 2.34. The van der Waals surface area contributed by atoms with E-state index in [0.717, 1.165) is 44.7 Å². The monoisotopic (exact) mass is 292 g/mol. The topological polar surface area (TPSA) is 109 Å². The summed E-state index contributed by atoms with van der Waals surface area (Å²) in [7, 11) is 0. The van der Waals surface area contributed by atoms with Crippen molar-refractivity contribution < 1.29 is 14.8 Å². The van der Waals surface area contributed by atoms with Gasteiger partial charge >= 0.3 is 5.97 Å². The van der Waals surface area contributed by atoms with Crippen LogP contribution in [0.2, 0.25) is 0 Å². The Labute approximate surface area is 120 Å². The summed E-state index contributed by atoms with van der Waals surface area (Å²) in [5.41, 5.74) is -0.465. The molecule has 1 aromatic heterocycles. The van der Waals surface area contributed by atoms with E-state index >= 15 is 0 Å². The predicted octanol–water partition coefficient (Wildman–Crippen LogP) is 1.19. The van der Waals surface area contributed by atoms with Gasteiger partial charge in [-0.3, -0.25) is 10.1 Å². The Hall–Kier alpha value is -2.22. The van der Waals surface area contributed by atoms with E-state index in [1.165, 1.54) is 0 Å². The molecule has 8 heteroatoms. The zero-order valence-electron chi connectivity index (χ0n) is 11.4. The Balaban J connectivity index is 1.84. The third-order valence-corrected chi connectivity index (χ3v) is 4.29. The zero-order valence-corrected chi connectivity index (χ0v) is 11.4. The molecule has 3 saturated heterocycles. The van der Waals surface area contributed by atoms with E-state index in [-0.39, 0.29) is 23.1 Å². The first kappa shape index (κ1) is 13.7. The van der Waals surface area contributed by atoms with Crippen LogP contribution in [0.3, 0.4) is 0 Å². The largest absolute Gasteiger partial charge is 0.478 e. The fourth-order valence-corrected chi connectivity index (χ4v) is 3.14. The van der Waals surface area contributed by atoms with Crippen molar-refractivity contribution in [2.75, 3.05) is 25.0 Å². The van der Waals surface area contributed by atoms with Crippen molar-refractivity contribution in [3.05, 3.63) is 27.9 Å². The van der Waals surface area contributed by atoms with Crippen molar-refractivity contribution in [1.29, 1.82) is 0 Å². The summed E-state index contributed by atoms with van der Waals surface area (Å²) in [5, 5.41) is 23.1. The van der Waals surface area contributed by atoms with Crippen molar-refractivity contribution in [3.8, 4) is 0 Å². The number of fused-ring (bicyclic) bond motifs is 3. The van der Waals surface area contributed by atoms with Crippen molar-refractivity contribution in [2.24, 2.45) is 5.92 Å². The molecule has 0 amide bonds. The number of nitro groups is 1. The number of piperidine rings is 3. The van der Waals surface area contributed by atoms with Crippen molar-refractivity contribution >= 4 is 17.5 Å². The molecule has 1 unspecified atom stereocenters. The first-order valence-corrected chi connectivity index (χ1v) is 6.91.